The van der Waals surface area contributed by atoms with Crippen LogP contribution in [0.25, 0.3) is 11.0 Å². The Labute approximate surface area is 87.9 Å². The van der Waals surface area contributed by atoms with Crippen LogP contribution in [0.1, 0.15) is 18.7 Å². The molecule has 1 aliphatic rings. The molecule has 0 atom stereocenters. The number of fused-ring (bicyclic) bond motifs is 3. The summed E-state index contributed by atoms with van der Waals surface area (Å²) in [6.45, 7) is 1.05. The predicted molar refractivity (Wildman–Crippen MR) is 61.5 cm³/mol. The third kappa shape index (κ3) is 1.17. The van der Waals surface area contributed by atoms with E-state index in [9.17, 15) is 0 Å². The van der Waals surface area contributed by atoms with Gasteiger partial charge in [0.15, 0.2) is 0 Å². The first-order chi connectivity index (χ1) is 7.25. The normalized spacial score (nSPS) is 15.5. The van der Waals surface area contributed by atoms with Gasteiger partial charge in [-0.05, 0) is 25.0 Å². The number of imidazole rings is 1. The van der Waals surface area contributed by atoms with E-state index >= 15 is 0 Å². The molecule has 0 fully saturated rings. The molecule has 2 heterocycles. The van der Waals surface area contributed by atoms with E-state index in [2.05, 4.69) is 9.55 Å². The third-order valence-electron chi connectivity index (χ3n) is 3.06. The van der Waals surface area contributed by atoms with Gasteiger partial charge in [-0.1, -0.05) is 0 Å². The Morgan fingerprint density at radius 2 is 1.93 bits per heavy atom. The van der Waals surface area contributed by atoms with Crippen molar-refractivity contribution in [3.05, 3.63) is 18.0 Å². The van der Waals surface area contributed by atoms with Gasteiger partial charge in [-0.2, -0.15) is 0 Å². The number of nitrogens with zero attached hydrogens (tertiary/aromatic N) is 2. The summed E-state index contributed by atoms with van der Waals surface area (Å²) in [5.41, 5.74) is 14.9. The number of aromatic nitrogens is 2. The van der Waals surface area contributed by atoms with Crippen LogP contribution in [0.3, 0.4) is 0 Å². The lowest BCUT2D eigenvalue weighted by atomic mass is 10.1. The molecule has 2 aromatic rings. The molecule has 4 N–H and O–H groups in total. The lowest BCUT2D eigenvalue weighted by Crippen LogP contribution is -2.10. The largest absolute Gasteiger partial charge is 0.397 e. The highest BCUT2D eigenvalue weighted by molar-refractivity contribution is 5.86. The Morgan fingerprint density at radius 3 is 2.80 bits per heavy atom. The number of nitrogens with two attached hydrogens (primary N) is 2. The van der Waals surface area contributed by atoms with Crippen LogP contribution in [0.4, 0.5) is 11.4 Å². The summed E-state index contributed by atoms with van der Waals surface area (Å²) in [4.78, 5) is 4.58. The summed E-state index contributed by atoms with van der Waals surface area (Å²) >= 11 is 0. The molecule has 3 rings (SSSR count). The second-order valence-electron chi connectivity index (χ2n) is 4.11. The minimum atomic E-state index is 0.623. The van der Waals surface area contributed by atoms with E-state index in [-0.39, 0.29) is 0 Å². The monoisotopic (exact) mass is 202 g/mol. The maximum atomic E-state index is 5.81. The van der Waals surface area contributed by atoms with Gasteiger partial charge < -0.3 is 16.0 Å². The summed E-state index contributed by atoms with van der Waals surface area (Å²) in [6.07, 6.45) is 3.52. The molecular weight excluding hydrogens is 188 g/mol. The van der Waals surface area contributed by atoms with E-state index in [1.54, 1.807) is 0 Å². The van der Waals surface area contributed by atoms with E-state index in [1.165, 1.54) is 18.7 Å². The van der Waals surface area contributed by atoms with Gasteiger partial charge in [0, 0.05) is 13.0 Å². The Kier molecular flexibility index (Phi) is 1.65. The SMILES string of the molecule is Nc1cc2nc3n(c2cc1N)CCCC3. The second-order valence-corrected chi connectivity index (χ2v) is 4.11. The van der Waals surface area contributed by atoms with E-state index in [0.717, 1.165) is 24.0 Å². The van der Waals surface area contributed by atoms with Gasteiger partial charge in [0.05, 0.1) is 22.4 Å². The van der Waals surface area contributed by atoms with Crippen molar-refractivity contribution in [2.75, 3.05) is 11.5 Å². The van der Waals surface area contributed by atoms with Crippen molar-refractivity contribution >= 4 is 22.4 Å². The maximum absolute atomic E-state index is 5.81. The first-order valence-corrected chi connectivity index (χ1v) is 5.30. The fourth-order valence-electron chi connectivity index (χ4n) is 2.25. The number of rotatable bonds is 0. The molecule has 1 aliphatic heterocycles. The first-order valence-electron chi connectivity index (χ1n) is 5.30. The first kappa shape index (κ1) is 8.59. The molecular formula is C11H14N4. The standard InChI is InChI=1S/C11H14N4/c12-7-5-9-10(6-8(7)13)15-4-2-1-3-11(15)14-9/h5-6H,1-4,12-13H2. The van der Waals surface area contributed by atoms with Crippen molar-refractivity contribution in [1.82, 2.24) is 9.55 Å². The van der Waals surface area contributed by atoms with Crippen LogP contribution in [-0.4, -0.2) is 9.55 Å². The average Bonchev–Trinajstić information content (AvgIpc) is 2.57. The number of hydrogen-bond donors (Lipinski definition) is 2. The van der Waals surface area contributed by atoms with Crippen LogP contribution < -0.4 is 11.5 Å². The van der Waals surface area contributed by atoms with Crippen molar-refractivity contribution in [2.24, 2.45) is 0 Å². The van der Waals surface area contributed by atoms with Gasteiger partial charge in [-0.15, -0.1) is 0 Å². The molecule has 0 saturated carbocycles. The summed E-state index contributed by atoms with van der Waals surface area (Å²) in [7, 11) is 0. The maximum Gasteiger partial charge on any atom is 0.109 e. The van der Waals surface area contributed by atoms with E-state index in [1.807, 2.05) is 12.1 Å². The molecule has 0 amide bonds. The topological polar surface area (TPSA) is 69.9 Å². The molecule has 0 saturated heterocycles. The van der Waals surface area contributed by atoms with Gasteiger partial charge in [-0.3, -0.25) is 0 Å². The molecule has 1 aromatic carbocycles. The molecule has 0 spiro atoms. The lowest BCUT2D eigenvalue weighted by molar-refractivity contribution is 0.533. The van der Waals surface area contributed by atoms with Crippen LogP contribution >= 0.6 is 0 Å². The minimum Gasteiger partial charge on any atom is -0.397 e. The number of benzene rings is 1. The number of anilines is 2. The molecule has 0 aliphatic carbocycles. The third-order valence-corrected chi connectivity index (χ3v) is 3.06. The number of aryl methyl sites for hydroxylation is 2. The zero-order chi connectivity index (χ0) is 10.4. The van der Waals surface area contributed by atoms with Gasteiger partial charge in [0.2, 0.25) is 0 Å². The summed E-state index contributed by atoms with van der Waals surface area (Å²) in [5.74, 6) is 1.17. The molecule has 4 heteroatoms. The van der Waals surface area contributed by atoms with Gasteiger partial charge in [-0.25, -0.2) is 4.98 Å². The van der Waals surface area contributed by atoms with Crippen molar-refractivity contribution in [1.29, 1.82) is 0 Å². The average molecular weight is 202 g/mol. The quantitative estimate of drug-likeness (QED) is 0.636. The fourth-order valence-corrected chi connectivity index (χ4v) is 2.25. The molecule has 78 valence electrons. The smallest absolute Gasteiger partial charge is 0.109 e. The van der Waals surface area contributed by atoms with Crippen molar-refractivity contribution in [3.63, 3.8) is 0 Å². The number of nitrogen functional groups attached to an aromatic ring is 2. The van der Waals surface area contributed by atoms with Crippen molar-refractivity contribution in [2.45, 2.75) is 25.8 Å². The number of hydrogen-bond acceptors (Lipinski definition) is 3. The van der Waals surface area contributed by atoms with E-state index in [4.69, 9.17) is 11.5 Å². The summed E-state index contributed by atoms with van der Waals surface area (Å²) < 4.78 is 2.26. The highest BCUT2D eigenvalue weighted by atomic mass is 15.1. The fraction of sp³-hybridized carbons (Fsp3) is 0.364. The molecule has 0 unspecified atom stereocenters. The molecule has 0 bridgehead atoms. The van der Waals surface area contributed by atoms with Crippen molar-refractivity contribution < 1.29 is 0 Å². The second kappa shape index (κ2) is 2.89. The molecule has 0 radical (unpaired) electrons. The highest BCUT2D eigenvalue weighted by Gasteiger charge is 2.15. The highest BCUT2D eigenvalue weighted by Crippen LogP contribution is 2.27. The van der Waals surface area contributed by atoms with E-state index in [0.29, 0.717) is 11.4 Å². The predicted octanol–water partition coefficient (Wildman–Crippen LogP) is 1.54. The Bertz CT molecular complexity index is 527. The Balaban J connectivity index is 2.33. The Hall–Kier alpha value is -1.71. The van der Waals surface area contributed by atoms with Crippen LogP contribution in [-0.2, 0) is 13.0 Å². The van der Waals surface area contributed by atoms with E-state index < -0.39 is 0 Å². The summed E-state index contributed by atoms with van der Waals surface area (Å²) in [5, 5.41) is 0. The van der Waals surface area contributed by atoms with Gasteiger partial charge >= 0.3 is 0 Å². The molecule has 15 heavy (non-hydrogen) atoms. The lowest BCUT2D eigenvalue weighted by Gasteiger charge is -2.14. The summed E-state index contributed by atoms with van der Waals surface area (Å²) in [6, 6.07) is 3.81. The van der Waals surface area contributed by atoms with Crippen LogP contribution in [0, 0.1) is 0 Å². The molecule has 1 aromatic heterocycles. The molecule has 4 nitrogen and oxygen atoms in total. The van der Waals surface area contributed by atoms with Gasteiger partial charge in [0.1, 0.15) is 5.82 Å². The Morgan fingerprint density at radius 1 is 1.13 bits per heavy atom. The van der Waals surface area contributed by atoms with Crippen LogP contribution in [0.5, 0.6) is 0 Å². The van der Waals surface area contributed by atoms with Crippen LogP contribution in [0.2, 0.25) is 0 Å². The minimum absolute atomic E-state index is 0.623. The zero-order valence-corrected chi connectivity index (χ0v) is 8.53. The van der Waals surface area contributed by atoms with Crippen LogP contribution in [0.15, 0.2) is 12.1 Å². The van der Waals surface area contributed by atoms with Crippen molar-refractivity contribution in [3.8, 4) is 0 Å². The van der Waals surface area contributed by atoms with Gasteiger partial charge in [0.25, 0.3) is 0 Å². The zero-order valence-electron chi connectivity index (χ0n) is 8.53.